The third-order valence-corrected chi connectivity index (χ3v) is 1.17. The van der Waals surface area contributed by atoms with Crippen molar-refractivity contribution in [3.8, 4) is 0 Å². The Hall–Kier alpha value is -1.14. The molecule has 0 unspecified atom stereocenters. The number of hydroxylamine groups is 1. The highest BCUT2D eigenvalue weighted by atomic mass is 16.7. The van der Waals surface area contributed by atoms with Gasteiger partial charge in [-0.15, -0.1) is 0 Å². The molecule has 13 heavy (non-hydrogen) atoms. The normalized spacial score (nSPS) is 10.1. The number of hydrogen-bond donors (Lipinski definition) is 2. The third kappa shape index (κ3) is 8.77. The highest BCUT2D eigenvalue weighted by molar-refractivity contribution is 5.75. The fraction of sp³-hybridized carbons (Fsp3) is 0.714. The number of hydrogen-bond acceptors (Lipinski definition) is 4. The lowest BCUT2D eigenvalue weighted by molar-refractivity contribution is -0.149. The average Bonchev–Trinajstić information content (AvgIpc) is 2.00. The molecule has 0 spiro atoms. The SMILES string of the molecule is CN(C)CCC(=O)NOCC(=O)O. The van der Waals surface area contributed by atoms with E-state index in [1.165, 1.54) is 0 Å². The van der Waals surface area contributed by atoms with Crippen LogP contribution in [0.3, 0.4) is 0 Å². The number of nitrogens with zero attached hydrogens (tertiary/aromatic N) is 1. The molecule has 0 aliphatic rings. The first-order chi connectivity index (χ1) is 6.02. The summed E-state index contributed by atoms with van der Waals surface area (Å²) in [5.41, 5.74) is 2.02. The van der Waals surface area contributed by atoms with E-state index in [0.29, 0.717) is 6.54 Å². The van der Waals surface area contributed by atoms with Crippen molar-refractivity contribution in [3.63, 3.8) is 0 Å². The van der Waals surface area contributed by atoms with Gasteiger partial charge in [0.05, 0.1) is 0 Å². The number of nitrogens with one attached hydrogen (secondary N) is 1. The Bertz CT molecular complexity index is 181. The van der Waals surface area contributed by atoms with Crippen LogP contribution in [-0.4, -0.2) is 49.1 Å². The van der Waals surface area contributed by atoms with Crippen LogP contribution in [-0.2, 0) is 14.4 Å². The zero-order chi connectivity index (χ0) is 10.3. The summed E-state index contributed by atoms with van der Waals surface area (Å²) in [5, 5.41) is 8.16. The third-order valence-electron chi connectivity index (χ3n) is 1.17. The molecular weight excluding hydrogens is 176 g/mol. The van der Waals surface area contributed by atoms with Crippen LogP contribution < -0.4 is 5.48 Å². The molecule has 0 aromatic rings. The summed E-state index contributed by atoms with van der Waals surface area (Å²) in [4.78, 5) is 27.1. The molecule has 0 aromatic heterocycles. The van der Waals surface area contributed by atoms with Gasteiger partial charge in [-0.1, -0.05) is 0 Å². The van der Waals surface area contributed by atoms with Crippen molar-refractivity contribution in [1.82, 2.24) is 10.4 Å². The molecule has 6 nitrogen and oxygen atoms in total. The van der Waals surface area contributed by atoms with Crippen molar-refractivity contribution in [2.45, 2.75) is 6.42 Å². The summed E-state index contributed by atoms with van der Waals surface area (Å²) in [7, 11) is 3.68. The molecule has 1 amide bonds. The standard InChI is InChI=1S/C7H14N2O4/c1-9(2)4-3-6(10)8-13-5-7(11)12/h3-5H2,1-2H3,(H,8,10)(H,11,12). The van der Waals surface area contributed by atoms with Gasteiger partial charge in [0, 0.05) is 13.0 Å². The fourth-order valence-corrected chi connectivity index (χ4v) is 0.554. The van der Waals surface area contributed by atoms with Crippen LogP contribution in [0.2, 0.25) is 0 Å². The van der Waals surface area contributed by atoms with Crippen LogP contribution in [0.1, 0.15) is 6.42 Å². The predicted octanol–water partition coefficient (Wildman–Crippen LogP) is -0.929. The summed E-state index contributed by atoms with van der Waals surface area (Å²) < 4.78 is 0. The van der Waals surface area contributed by atoms with E-state index in [0.717, 1.165) is 0 Å². The summed E-state index contributed by atoms with van der Waals surface area (Å²) >= 11 is 0. The number of carboxylic acid groups (broad SMARTS) is 1. The monoisotopic (exact) mass is 190 g/mol. The van der Waals surface area contributed by atoms with Gasteiger partial charge in [-0.2, -0.15) is 0 Å². The molecule has 0 aromatic carbocycles. The van der Waals surface area contributed by atoms with Crippen molar-refractivity contribution < 1.29 is 19.5 Å². The molecule has 0 aliphatic carbocycles. The zero-order valence-corrected chi connectivity index (χ0v) is 7.74. The first-order valence-electron chi connectivity index (χ1n) is 3.79. The number of carboxylic acids is 1. The molecule has 0 fully saturated rings. The van der Waals surface area contributed by atoms with Gasteiger partial charge in [-0.05, 0) is 14.1 Å². The number of carbonyl (C=O) groups excluding carboxylic acids is 1. The van der Waals surface area contributed by atoms with E-state index in [2.05, 4.69) is 4.84 Å². The minimum Gasteiger partial charge on any atom is -0.479 e. The van der Waals surface area contributed by atoms with Crippen LogP contribution in [0.15, 0.2) is 0 Å². The van der Waals surface area contributed by atoms with Crippen molar-refractivity contribution in [2.75, 3.05) is 27.2 Å². The van der Waals surface area contributed by atoms with E-state index in [9.17, 15) is 9.59 Å². The zero-order valence-electron chi connectivity index (χ0n) is 7.74. The topological polar surface area (TPSA) is 78.9 Å². The second-order valence-electron chi connectivity index (χ2n) is 2.76. The Balaban J connectivity index is 3.35. The Labute approximate surface area is 76.4 Å². The lowest BCUT2D eigenvalue weighted by Gasteiger charge is -2.08. The van der Waals surface area contributed by atoms with E-state index >= 15 is 0 Å². The molecule has 0 atom stereocenters. The van der Waals surface area contributed by atoms with E-state index in [1.807, 2.05) is 24.5 Å². The van der Waals surface area contributed by atoms with Crippen LogP contribution in [0.25, 0.3) is 0 Å². The van der Waals surface area contributed by atoms with Crippen LogP contribution in [0.4, 0.5) is 0 Å². The van der Waals surface area contributed by atoms with Crippen LogP contribution in [0.5, 0.6) is 0 Å². The molecule has 2 N–H and O–H groups in total. The van der Waals surface area contributed by atoms with Gasteiger partial charge < -0.3 is 10.0 Å². The highest BCUT2D eigenvalue weighted by Gasteiger charge is 2.03. The summed E-state index contributed by atoms with van der Waals surface area (Å²) in [6, 6.07) is 0. The molecule has 0 bridgehead atoms. The van der Waals surface area contributed by atoms with E-state index in [1.54, 1.807) is 0 Å². The second-order valence-corrected chi connectivity index (χ2v) is 2.76. The smallest absolute Gasteiger partial charge is 0.332 e. The second kappa shape index (κ2) is 6.38. The van der Waals surface area contributed by atoms with Crippen LogP contribution in [0, 0.1) is 0 Å². The lowest BCUT2D eigenvalue weighted by Crippen LogP contribution is -2.29. The van der Waals surface area contributed by atoms with Crippen LogP contribution >= 0.6 is 0 Å². The summed E-state index contributed by atoms with van der Waals surface area (Å²) in [6.07, 6.45) is 0.284. The van der Waals surface area contributed by atoms with Crippen molar-refractivity contribution in [2.24, 2.45) is 0 Å². The molecule has 0 heterocycles. The average molecular weight is 190 g/mol. The van der Waals surface area contributed by atoms with E-state index in [4.69, 9.17) is 5.11 Å². The van der Waals surface area contributed by atoms with Gasteiger partial charge in [0.2, 0.25) is 5.91 Å². The Kier molecular flexibility index (Phi) is 5.82. The lowest BCUT2D eigenvalue weighted by atomic mass is 10.4. The minimum absolute atomic E-state index is 0.284. The maximum absolute atomic E-state index is 10.9. The fourth-order valence-electron chi connectivity index (χ4n) is 0.554. The Morgan fingerprint density at radius 1 is 1.46 bits per heavy atom. The van der Waals surface area contributed by atoms with Crippen molar-refractivity contribution in [1.29, 1.82) is 0 Å². The summed E-state index contributed by atoms with van der Waals surface area (Å²) in [6.45, 7) is 0.0793. The molecule has 76 valence electrons. The molecule has 0 saturated carbocycles. The molecule has 0 rings (SSSR count). The van der Waals surface area contributed by atoms with Crippen molar-refractivity contribution >= 4 is 11.9 Å². The van der Waals surface area contributed by atoms with Gasteiger partial charge >= 0.3 is 5.97 Å². The minimum atomic E-state index is -1.12. The Morgan fingerprint density at radius 2 is 2.08 bits per heavy atom. The highest BCUT2D eigenvalue weighted by Crippen LogP contribution is 1.83. The van der Waals surface area contributed by atoms with Gasteiger partial charge in [0.1, 0.15) is 0 Å². The van der Waals surface area contributed by atoms with E-state index in [-0.39, 0.29) is 12.3 Å². The molecule has 0 radical (unpaired) electrons. The summed E-state index contributed by atoms with van der Waals surface area (Å²) in [5.74, 6) is -1.44. The largest absolute Gasteiger partial charge is 0.479 e. The van der Waals surface area contributed by atoms with E-state index < -0.39 is 12.6 Å². The van der Waals surface area contributed by atoms with Gasteiger partial charge in [-0.3, -0.25) is 9.63 Å². The first kappa shape index (κ1) is 11.9. The molecule has 0 aliphatic heterocycles. The quantitative estimate of drug-likeness (QED) is 0.529. The first-order valence-corrected chi connectivity index (χ1v) is 3.79. The van der Waals surface area contributed by atoms with Gasteiger partial charge in [0.25, 0.3) is 0 Å². The number of carbonyl (C=O) groups is 2. The number of aliphatic carboxylic acids is 1. The van der Waals surface area contributed by atoms with Gasteiger partial charge in [-0.25, -0.2) is 10.3 Å². The molecule has 6 heteroatoms. The Morgan fingerprint density at radius 3 is 2.54 bits per heavy atom. The molecular formula is C7H14N2O4. The molecule has 0 saturated heterocycles. The number of amides is 1. The van der Waals surface area contributed by atoms with Gasteiger partial charge in [0.15, 0.2) is 6.61 Å². The maximum Gasteiger partial charge on any atom is 0.332 e. The maximum atomic E-state index is 10.9. The number of rotatable bonds is 6. The van der Waals surface area contributed by atoms with Crippen molar-refractivity contribution in [3.05, 3.63) is 0 Å². The predicted molar refractivity (Wildman–Crippen MR) is 44.9 cm³/mol.